The number of aryl methyl sites for hydroxylation is 1. The molecule has 0 saturated carbocycles. The van der Waals surface area contributed by atoms with E-state index in [2.05, 4.69) is 21.8 Å². The highest BCUT2D eigenvalue weighted by Gasteiger charge is 2.25. The van der Waals surface area contributed by atoms with Crippen molar-refractivity contribution in [2.24, 2.45) is 5.92 Å². The van der Waals surface area contributed by atoms with Crippen LogP contribution in [0.5, 0.6) is 0 Å². The Bertz CT molecular complexity index is 1110. The highest BCUT2D eigenvalue weighted by Crippen LogP contribution is 2.27. The monoisotopic (exact) mass is 433 g/mol. The summed E-state index contributed by atoms with van der Waals surface area (Å²) in [6, 6.07) is 16.7. The summed E-state index contributed by atoms with van der Waals surface area (Å²) in [4.78, 5) is 13.2. The van der Waals surface area contributed by atoms with Crippen LogP contribution in [0, 0.1) is 24.2 Å². The third-order valence-corrected chi connectivity index (χ3v) is 5.81. The summed E-state index contributed by atoms with van der Waals surface area (Å²) in [7, 11) is 0. The molecule has 2 N–H and O–H groups in total. The van der Waals surface area contributed by atoms with Crippen molar-refractivity contribution in [1.29, 1.82) is 5.26 Å². The Morgan fingerprint density at radius 2 is 2.00 bits per heavy atom. The molecule has 0 bridgehead atoms. The first kappa shape index (κ1) is 21.1. The number of hydrogen-bond acceptors (Lipinski definition) is 5. The summed E-state index contributed by atoms with van der Waals surface area (Å²) >= 11 is 6.05. The molecule has 0 spiro atoms. The van der Waals surface area contributed by atoms with Gasteiger partial charge in [-0.2, -0.15) is 10.4 Å². The van der Waals surface area contributed by atoms with Gasteiger partial charge in [-0.05, 0) is 63.0 Å². The number of anilines is 1. The van der Waals surface area contributed by atoms with E-state index in [9.17, 15) is 10.1 Å². The lowest BCUT2D eigenvalue weighted by molar-refractivity contribution is 0.103. The van der Waals surface area contributed by atoms with E-state index in [1.807, 2.05) is 31.2 Å². The largest absolute Gasteiger partial charge is 0.369 e. The lowest BCUT2D eigenvalue weighted by Gasteiger charge is -2.23. The Balaban J connectivity index is 1.74. The van der Waals surface area contributed by atoms with Crippen molar-refractivity contribution in [3.8, 4) is 11.8 Å². The van der Waals surface area contributed by atoms with Gasteiger partial charge in [0.15, 0.2) is 5.69 Å². The highest BCUT2D eigenvalue weighted by atomic mass is 35.5. The van der Waals surface area contributed by atoms with Gasteiger partial charge in [0, 0.05) is 17.1 Å². The maximum atomic E-state index is 13.2. The van der Waals surface area contributed by atoms with E-state index in [4.69, 9.17) is 11.6 Å². The van der Waals surface area contributed by atoms with Gasteiger partial charge in [0.1, 0.15) is 17.5 Å². The minimum atomic E-state index is -0.272. The molecule has 0 amide bonds. The summed E-state index contributed by atoms with van der Waals surface area (Å²) < 4.78 is 1.63. The van der Waals surface area contributed by atoms with Crippen LogP contribution in [0.4, 0.5) is 5.82 Å². The zero-order chi connectivity index (χ0) is 21.8. The maximum absolute atomic E-state index is 13.2. The molecule has 1 aliphatic rings. The summed E-state index contributed by atoms with van der Waals surface area (Å²) in [5.74, 6) is 0.711. The van der Waals surface area contributed by atoms with Crippen molar-refractivity contribution < 1.29 is 4.79 Å². The lowest BCUT2D eigenvalue weighted by atomic mass is 9.99. The van der Waals surface area contributed by atoms with Gasteiger partial charge in [-0.25, -0.2) is 4.68 Å². The first-order chi connectivity index (χ1) is 15.1. The number of nitriles is 1. The molecule has 2 heterocycles. The number of halogens is 1. The number of rotatable bonds is 6. The normalized spacial score (nSPS) is 16.0. The molecule has 0 aliphatic carbocycles. The van der Waals surface area contributed by atoms with Gasteiger partial charge in [-0.15, -0.1) is 0 Å². The molecule has 0 radical (unpaired) electrons. The van der Waals surface area contributed by atoms with Crippen molar-refractivity contribution in [3.63, 3.8) is 0 Å². The van der Waals surface area contributed by atoms with Gasteiger partial charge in [-0.1, -0.05) is 41.4 Å². The Kier molecular flexibility index (Phi) is 6.36. The predicted molar refractivity (Wildman–Crippen MR) is 122 cm³/mol. The Morgan fingerprint density at radius 3 is 2.65 bits per heavy atom. The van der Waals surface area contributed by atoms with Crippen molar-refractivity contribution in [3.05, 3.63) is 75.9 Å². The molecule has 1 aliphatic heterocycles. The second-order valence-corrected chi connectivity index (χ2v) is 8.30. The topological polar surface area (TPSA) is 82.7 Å². The minimum Gasteiger partial charge on any atom is -0.369 e. The van der Waals surface area contributed by atoms with E-state index in [1.165, 1.54) is 0 Å². The van der Waals surface area contributed by atoms with E-state index >= 15 is 0 Å². The van der Waals surface area contributed by atoms with Gasteiger partial charge < -0.3 is 10.6 Å². The molecular weight excluding hydrogens is 410 g/mol. The second kappa shape index (κ2) is 9.34. The van der Waals surface area contributed by atoms with Gasteiger partial charge in [0.2, 0.25) is 5.78 Å². The lowest BCUT2D eigenvalue weighted by Crippen LogP contribution is -2.33. The van der Waals surface area contributed by atoms with E-state index in [1.54, 1.807) is 28.9 Å². The van der Waals surface area contributed by atoms with Crippen LogP contribution in [-0.4, -0.2) is 35.2 Å². The fourth-order valence-corrected chi connectivity index (χ4v) is 3.92. The number of piperidine rings is 1. The number of aromatic nitrogens is 2. The summed E-state index contributed by atoms with van der Waals surface area (Å²) in [5.41, 5.74) is 2.70. The third-order valence-electron chi connectivity index (χ3n) is 5.55. The number of ketones is 1. The van der Waals surface area contributed by atoms with E-state index < -0.39 is 0 Å². The quantitative estimate of drug-likeness (QED) is 0.565. The van der Waals surface area contributed by atoms with Crippen LogP contribution in [0.3, 0.4) is 0 Å². The third kappa shape index (κ3) is 4.63. The van der Waals surface area contributed by atoms with Crippen LogP contribution in [0.25, 0.3) is 5.69 Å². The van der Waals surface area contributed by atoms with E-state index in [-0.39, 0.29) is 17.0 Å². The van der Waals surface area contributed by atoms with E-state index in [0.717, 1.165) is 37.2 Å². The molecule has 2 aromatic carbocycles. The summed E-state index contributed by atoms with van der Waals surface area (Å²) in [6.07, 6.45) is 2.25. The molecule has 31 heavy (non-hydrogen) atoms. The molecule has 4 rings (SSSR count). The van der Waals surface area contributed by atoms with Crippen LogP contribution < -0.4 is 10.6 Å². The zero-order valence-corrected chi connectivity index (χ0v) is 18.1. The summed E-state index contributed by atoms with van der Waals surface area (Å²) in [5, 5.41) is 21.9. The molecule has 1 unspecified atom stereocenters. The number of hydrogen-bond donors (Lipinski definition) is 2. The molecule has 1 aromatic heterocycles. The fraction of sp³-hybridized carbons (Fsp3) is 0.292. The van der Waals surface area contributed by atoms with Crippen molar-refractivity contribution in [2.75, 3.05) is 25.0 Å². The van der Waals surface area contributed by atoms with Crippen LogP contribution in [0.1, 0.15) is 40.0 Å². The molecule has 7 heteroatoms. The average molecular weight is 434 g/mol. The standard InChI is InChI=1S/C24H24ClN5O/c1-16-4-6-18(7-5-16)23(31)22-21(13-26)24(28-15-17-3-2-12-27-14-17)30(29-22)20-10-8-19(25)9-11-20/h4-11,17,27-28H,2-3,12,14-15H2,1H3. The van der Waals surface area contributed by atoms with Crippen LogP contribution in [0.2, 0.25) is 5.02 Å². The molecule has 158 valence electrons. The molecule has 1 saturated heterocycles. The van der Waals surface area contributed by atoms with Crippen LogP contribution in [-0.2, 0) is 0 Å². The van der Waals surface area contributed by atoms with Crippen molar-refractivity contribution >= 4 is 23.2 Å². The van der Waals surface area contributed by atoms with Gasteiger partial charge in [0.05, 0.1) is 5.69 Å². The molecular formula is C24H24ClN5O. The number of nitrogens with zero attached hydrogens (tertiary/aromatic N) is 3. The first-order valence-electron chi connectivity index (χ1n) is 10.4. The maximum Gasteiger partial charge on any atom is 0.214 e. The van der Waals surface area contributed by atoms with E-state index in [0.29, 0.717) is 28.9 Å². The average Bonchev–Trinajstić information content (AvgIpc) is 3.17. The molecule has 3 aromatic rings. The summed E-state index contributed by atoms with van der Waals surface area (Å²) in [6.45, 7) is 4.63. The number of nitrogens with one attached hydrogen (secondary N) is 2. The van der Waals surface area contributed by atoms with Gasteiger partial charge >= 0.3 is 0 Å². The number of carbonyl (C=O) groups excluding carboxylic acids is 1. The van der Waals surface area contributed by atoms with Crippen LogP contribution in [0.15, 0.2) is 48.5 Å². The molecule has 6 nitrogen and oxygen atoms in total. The minimum absolute atomic E-state index is 0.144. The zero-order valence-electron chi connectivity index (χ0n) is 17.4. The Labute approximate surface area is 186 Å². The SMILES string of the molecule is Cc1ccc(C(=O)c2nn(-c3ccc(Cl)cc3)c(NCC3CCCNC3)c2C#N)cc1. The molecule has 1 fully saturated rings. The van der Waals surface area contributed by atoms with Crippen molar-refractivity contribution in [2.45, 2.75) is 19.8 Å². The number of benzene rings is 2. The predicted octanol–water partition coefficient (Wildman–Crippen LogP) is 4.35. The van der Waals surface area contributed by atoms with Gasteiger partial charge in [-0.3, -0.25) is 4.79 Å². The Hall–Kier alpha value is -3.14. The molecule has 1 atom stereocenters. The number of carbonyl (C=O) groups is 1. The highest BCUT2D eigenvalue weighted by molar-refractivity contribution is 6.30. The van der Waals surface area contributed by atoms with Crippen molar-refractivity contribution in [1.82, 2.24) is 15.1 Å². The first-order valence-corrected chi connectivity index (χ1v) is 10.8. The second-order valence-electron chi connectivity index (χ2n) is 7.86. The smallest absolute Gasteiger partial charge is 0.214 e. The van der Waals surface area contributed by atoms with Crippen LogP contribution >= 0.6 is 11.6 Å². The fourth-order valence-electron chi connectivity index (χ4n) is 3.80. The van der Waals surface area contributed by atoms with Gasteiger partial charge in [0.25, 0.3) is 0 Å². The Morgan fingerprint density at radius 1 is 1.26 bits per heavy atom.